The summed E-state index contributed by atoms with van der Waals surface area (Å²) < 4.78 is 0. The van der Waals surface area contributed by atoms with Gasteiger partial charge in [-0.15, -0.1) is 0 Å². The lowest BCUT2D eigenvalue weighted by molar-refractivity contribution is 0.424. The van der Waals surface area contributed by atoms with Crippen LogP contribution in [0.4, 0.5) is 0 Å². The number of nitrogens with zero attached hydrogens (tertiary/aromatic N) is 1. The van der Waals surface area contributed by atoms with Gasteiger partial charge in [0.05, 0.1) is 11.3 Å². The molecule has 4 heteroatoms. The van der Waals surface area contributed by atoms with Crippen LogP contribution < -0.4 is 5.59 Å². The normalized spacial score (nSPS) is 10.4. The van der Waals surface area contributed by atoms with Crippen molar-refractivity contribution in [3.63, 3.8) is 0 Å². The predicted molar refractivity (Wildman–Crippen MR) is 84.9 cm³/mol. The second-order valence-corrected chi connectivity index (χ2v) is 4.77. The van der Waals surface area contributed by atoms with Crippen molar-refractivity contribution in [3.8, 4) is 22.4 Å². The standard InChI is InChI=1S/C17H14BNO2/c20-18(21)17-12-15(13-7-3-1-4-8-13)11-16(19-17)14-9-5-2-6-10-14/h1-12,20-21H. The topological polar surface area (TPSA) is 53.4 Å². The molecule has 0 bridgehead atoms. The Balaban J connectivity index is 2.16. The first-order chi connectivity index (χ1) is 10.2. The molecule has 0 saturated carbocycles. The highest BCUT2D eigenvalue weighted by Crippen LogP contribution is 2.23. The average Bonchev–Trinajstić information content (AvgIpc) is 2.56. The molecule has 0 aliphatic carbocycles. The minimum absolute atomic E-state index is 0.246. The van der Waals surface area contributed by atoms with E-state index in [0.29, 0.717) is 0 Å². The van der Waals surface area contributed by atoms with Gasteiger partial charge in [-0.3, -0.25) is 4.98 Å². The highest BCUT2D eigenvalue weighted by atomic mass is 16.4. The molecule has 3 aromatic rings. The molecule has 0 spiro atoms. The van der Waals surface area contributed by atoms with E-state index >= 15 is 0 Å². The molecule has 1 heterocycles. The third kappa shape index (κ3) is 3.02. The van der Waals surface area contributed by atoms with Gasteiger partial charge >= 0.3 is 7.12 Å². The van der Waals surface area contributed by atoms with E-state index in [-0.39, 0.29) is 5.59 Å². The van der Waals surface area contributed by atoms with Crippen LogP contribution in [0.1, 0.15) is 0 Å². The molecule has 2 N–H and O–H groups in total. The smallest absolute Gasteiger partial charge is 0.422 e. The van der Waals surface area contributed by atoms with Gasteiger partial charge in [0.1, 0.15) is 0 Å². The van der Waals surface area contributed by atoms with Crippen molar-refractivity contribution in [1.29, 1.82) is 0 Å². The zero-order chi connectivity index (χ0) is 14.7. The Labute approximate surface area is 123 Å². The maximum absolute atomic E-state index is 9.46. The maximum Gasteiger partial charge on any atom is 0.508 e. The van der Waals surface area contributed by atoms with E-state index in [9.17, 15) is 10.0 Å². The van der Waals surface area contributed by atoms with Gasteiger partial charge < -0.3 is 10.0 Å². The van der Waals surface area contributed by atoms with Crippen LogP contribution >= 0.6 is 0 Å². The summed E-state index contributed by atoms with van der Waals surface area (Å²) in [5.41, 5.74) is 3.83. The third-order valence-electron chi connectivity index (χ3n) is 3.29. The molecule has 3 rings (SSSR count). The van der Waals surface area contributed by atoms with Gasteiger partial charge in [-0.1, -0.05) is 60.7 Å². The number of pyridine rings is 1. The van der Waals surface area contributed by atoms with Crippen molar-refractivity contribution >= 4 is 12.7 Å². The van der Waals surface area contributed by atoms with Gasteiger partial charge in [0, 0.05) is 5.56 Å². The molecule has 0 amide bonds. The van der Waals surface area contributed by atoms with Gasteiger partial charge in [0.25, 0.3) is 0 Å². The van der Waals surface area contributed by atoms with Gasteiger partial charge in [-0.05, 0) is 23.3 Å². The Morgan fingerprint density at radius 3 is 1.81 bits per heavy atom. The van der Waals surface area contributed by atoms with Crippen LogP contribution in [0.25, 0.3) is 22.4 Å². The van der Waals surface area contributed by atoms with E-state index in [2.05, 4.69) is 4.98 Å². The Morgan fingerprint density at radius 2 is 1.24 bits per heavy atom. The van der Waals surface area contributed by atoms with Gasteiger partial charge in [-0.2, -0.15) is 0 Å². The molecule has 0 aliphatic heterocycles. The Morgan fingerprint density at radius 1 is 0.667 bits per heavy atom. The van der Waals surface area contributed by atoms with Crippen molar-refractivity contribution < 1.29 is 10.0 Å². The lowest BCUT2D eigenvalue weighted by Gasteiger charge is -2.09. The molecule has 0 aliphatic rings. The second-order valence-electron chi connectivity index (χ2n) is 4.77. The molecule has 0 atom stereocenters. The van der Waals surface area contributed by atoms with Crippen molar-refractivity contribution in [2.45, 2.75) is 0 Å². The summed E-state index contributed by atoms with van der Waals surface area (Å²) in [6.07, 6.45) is 0. The zero-order valence-corrected chi connectivity index (χ0v) is 11.3. The summed E-state index contributed by atoms with van der Waals surface area (Å²) in [6, 6.07) is 23.2. The minimum Gasteiger partial charge on any atom is -0.422 e. The van der Waals surface area contributed by atoms with Crippen LogP contribution in [0.15, 0.2) is 72.8 Å². The molecule has 0 radical (unpaired) electrons. The van der Waals surface area contributed by atoms with Crippen molar-refractivity contribution in [1.82, 2.24) is 4.98 Å². The minimum atomic E-state index is -1.59. The first-order valence-corrected chi connectivity index (χ1v) is 6.73. The summed E-state index contributed by atoms with van der Waals surface area (Å²) in [5, 5.41) is 18.9. The van der Waals surface area contributed by atoms with E-state index in [1.54, 1.807) is 6.07 Å². The Kier molecular flexibility index (Phi) is 3.82. The zero-order valence-electron chi connectivity index (χ0n) is 11.3. The average molecular weight is 275 g/mol. The first-order valence-electron chi connectivity index (χ1n) is 6.73. The van der Waals surface area contributed by atoms with Crippen LogP contribution in [0.2, 0.25) is 0 Å². The van der Waals surface area contributed by atoms with Crippen molar-refractivity contribution in [2.24, 2.45) is 0 Å². The maximum atomic E-state index is 9.46. The second kappa shape index (κ2) is 5.91. The number of hydrogen-bond donors (Lipinski definition) is 2. The van der Waals surface area contributed by atoms with Crippen molar-refractivity contribution in [3.05, 3.63) is 72.8 Å². The summed E-state index contributed by atoms with van der Waals surface area (Å²) in [6.45, 7) is 0. The molecule has 21 heavy (non-hydrogen) atoms. The van der Waals surface area contributed by atoms with E-state index in [0.717, 1.165) is 22.4 Å². The molecule has 102 valence electrons. The molecule has 3 nitrogen and oxygen atoms in total. The van der Waals surface area contributed by atoms with Crippen LogP contribution in [-0.2, 0) is 0 Å². The summed E-state index contributed by atoms with van der Waals surface area (Å²) in [4.78, 5) is 4.33. The summed E-state index contributed by atoms with van der Waals surface area (Å²) in [7, 11) is -1.59. The largest absolute Gasteiger partial charge is 0.508 e. The summed E-state index contributed by atoms with van der Waals surface area (Å²) in [5.74, 6) is 0. The fraction of sp³-hybridized carbons (Fsp3) is 0. The summed E-state index contributed by atoms with van der Waals surface area (Å²) >= 11 is 0. The Bertz CT molecular complexity index is 673. The monoisotopic (exact) mass is 275 g/mol. The molecule has 1 aromatic heterocycles. The number of hydrogen-bond acceptors (Lipinski definition) is 3. The highest BCUT2D eigenvalue weighted by molar-refractivity contribution is 6.57. The molecule has 2 aromatic carbocycles. The third-order valence-corrected chi connectivity index (χ3v) is 3.29. The van der Waals surface area contributed by atoms with E-state index in [1.165, 1.54) is 0 Å². The lowest BCUT2D eigenvalue weighted by Crippen LogP contribution is -2.33. The highest BCUT2D eigenvalue weighted by Gasteiger charge is 2.16. The first kappa shape index (κ1) is 13.6. The molecule has 0 fully saturated rings. The Hall–Kier alpha value is -2.43. The SMILES string of the molecule is OB(O)c1cc(-c2ccccc2)cc(-c2ccccc2)n1. The van der Waals surface area contributed by atoms with Gasteiger partial charge in [-0.25, -0.2) is 0 Å². The van der Waals surface area contributed by atoms with E-state index in [4.69, 9.17) is 0 Å². The molecule has 0 saturated heterocycles. The molecular weight excluding hydrogens is 261 g/mol. The van der Waals surface area contributed by atoms with Crippen LogP contribution in [0, 0.1) is 0 Å². The van der Waals surface area contributed by atoms with Crippen LogP contribution in [0.5, 0.6) is 0 Å². The van der Waals surface area contributed by atoms with E-state index in [1.807, 2.05) is 66.7 Å². The lowest BCUT2D eigenvalue weighted by atomic mass is 9.83. The predicted octanol–water partition coefficient (Wildman–Crippen LogP) is 2.10. The van der Waals surface area contributed by atoms with Gasteiger partial charge in [0.2, 0.25) is 0 Å². The number of rotatable bonds is 3. The molecular formula is C17H14BNO2. The fourth-order valence-corrected chi connectivity index (χ4v) is 2.24. The van der Waals surface area contributed by atoms with Crippen LogP contribution in [-0.4, -0.2) is 22.2 Å². The quantitative estimate of drug-likeness (QED) is 0.720. The number of aromatic nitrogens is 1. The van der Waals surface area contributed by atoms with Gasteiger partial charge in [0.15, 0.2) is 0 Å². The van der Waals surface area contributed by atoms with Crippen molar-refractivity contribution in [2.75, 3.05) is 0 Å². The number of benzene rings is 2. The van der Waals surface area contributed by atoms with Crippen LogP contribution in [0.3, 0.4) is 0 Å². The fourth-order valence-electron chi connectivity index (χ4n) is 2.24. The van der Waals surface area contributed by atoms with E-state index < -0.39 is 7.12 Å². The molecule has 0 unspecified atom stereocenters.